The van der Waals surface area contributed by atoms with Crippen molar-refractivity contribution in [1.29, 1.82) is 0 Å². The summed E-state index contributed by atoms with van der Waals surface area (Å²) in [5.74, 6) is 1.22. The molecule has 30 heavy (non-hydrogen) atoms. The molecule has 6 nitrogen and oxygen atoms in total. The van der Waals surface area contributed by atoms with Crippen LogP contribution in [0.4, 0.5) is 10.3 Å². The van der Waals surface area contributed by atoms with Crippen molar-refractivity contribution >= 4 is 5.95 Å². The maximum atomic E-state index is 13.3. The molecule has 0 bridgehead atoms. The minimum atomic E-state index is -0.857. The third-order valence-electron chi connectivity index (χ3n) is 7.24. The van der Waals surface area contributed by atoms with E-state index >= 15 is 0 Å². The van der Waals surface area contributed by atoms with Crippen LogP contribution in [0, 0.1) is 17.7 Å². The Morgan fingerprint density at radius 1 is 1.10 bits per heavy atom. The fourth-order valence-corrected chi connectivity index (χ4v) is 5.47. The van der Waals surface area contributed by atoms with Crippen LogP contribution in [0.25, 0.3) is 0 Å². The van der Waals surface area contributed by atoms with Crippen molar-refractivity contribution in [2.45, 2.75) is 25.0 Å². The number of nitrogens with zero attached hydrogens (tertiary/aromatic N) is 5. The van der Waals surface area contributed by atoms with Crippen LogP contribution in [0.1, 0.15) is 24.1 Å². The fourth-order valence-electron chi connectivity index (χ4n) is 5.47. The minimum Gasteiger partial charge on any atom is -0.385 e. The summed E-state index contributed by atoms with van der Waals surface area (Å²) in [6.45, 7) is 6.57. The van der Waals surface area contributed by atoms with Crippen LogP contribution < -0.4 is 4.90 Å². The van der Waals surface area contributed by atoms with Crippen LogP contribution in [0.2, 0.25) is 0 Å². The first-order valence-corrected chi connectivity index (χ1v) is 11.0. The number of halogens is 1. The summed E-state index contributed by atoms with van der Waals surface area (Å²) in [5.41, 5.74) is 1.02. The van der Waals surface area contributed by atoms with Gasteiger partial charge in [0.2, 0.25) is 5.95 Å². The molecule has 1 aliphatic carbocycles. The Labute approximate surface area is 177 Å². The van der Waals surface area contributed by atoms with Gasteiger partial charge in [-0.2, -0.15) is 0 Å². The molecule has 160 valence electrons. The number of piperazine rings is 1. The normalized spacial score (nSPS) is 30.0. The van der Waals surface area contributed by atoms with Gasteiger partial charge in [-0.05, 0) is 49.6 Å². The van der Waals surface area contributed by atoms with Gasteiger partial charge in [-0.3, -0.25) is 4.90 Å². The lowest BCUT2D eigenvalue weighted by Gasteiger charge is -2.32. The molecule has 5 rings (SSSR count). The molecule has 3 heterocycles. The van der Waals surface area contributed by atoms with E-state index in [1.54, 1.807) is 12.1 Å². The summed E-state index contributed by atoms with van der Waals surface area (Å²) >= 11 is 0. The largest absolute Gasteiger partial charge is 0.385 e. The van der Waals surface area contributed by atoms with Crippen LogP contribution in [-0.4, -0.2) is 71.2 Å². The smallest absolute Gasteiger partial charge is 0.225 e. The topological polar surface area (TPSA) is 55.7 Å². The number of benzene rings is 1. The number of aliphatic hydroxyl groups is 1. The molecule has 1 aromatic heterocycles. The predicted molar refractivity (Wildman–Crippen MR) is 114 cm³/mol. The zero-order valence-electron chi connectivity index (χ0n) is 17.5. The maximum absolute atomic E-state index is 13.3. The average molecular weight is 412 g/mol. The van der Waals surface area contributed by atoms with E-state index in [-0.39, 0.29) is 11.7 Å². The van der Waals surface area contributed by atoms with Crippen molar-refractivity contribution in [1.82, 2.24) is 19.8 Å². The molecule has 0 amide bonds. The van der Waals surface area contributed by atoms with Crippen molar-refractivity contribution < 1.29 is 9.50 Å². The SMILES string of the molecule is CN1CCN(c2nccc(CN3C[C@H]4CC[C@](O)(c5ccc(F)cc5)[C@H]4C3)n2)CC1. The number of rotatable bonds is 4. The fraction of sp³-hybridized carbons (Fsp3) is 0.565. The first-order chi connectivity index (χ1) is 14.5. The molecule has 2 aliphatic heterocycles. The monoisotopic (exact) mass is 411 g/mol. The second kappa shape index (κ2) is 7.87. The zero-order chi connectivity index (χ0) is 20.7. The Balaban J connectivity index is 1.27. The number of likely N-dealkylation sites (N-methyl/N-ethyl adjacent to an activating group) is 1. The first kappa shape index (κ1) is 19.8. The van der Waals surface area contributed by atoms with E-state index < -0.39 is 5.60 Å². The van der Waals surface area contributed by atoms with Gasteiger partial charge in [-0.25, -0.2) is 14.4 Å². The van der Waals surface area contributed by atoms with Crippen molar-refractivity contribution in [3.8, 4) is 0 Å². The van der Waals surface area contributed by atoms with Gasteiger partial charge >= 0.3 is 0 Å². The summed E-state index contributed by atoms with van der Waals surface area (Å²) in [6.07, 6.45) is 3.62. The van der Waals surface area contributed by atoms with Crippen molar-refractivity contribution in [2.24, 2.45) is 11.8 Å². The lowest BCUT2D eigenvalue weighted by Crippen LogP contribution is -2.45. The third-order valence-corrected chi connectivity index (χ3v) is 7.24. The second-order valence-electron chi connectivity index (χ2n) is 9.17. The van der Waals surface area contributed by atoms with Crippen molar-refractivity contribution in [3.05, 3.63) is 53.6 Å². The third kappa shape index (κ3) is 3.70. The standard InChI is InChI=1S/C23H30FN5O/c1-27-10-12-29(13-11-27)22-25-9-7-20(26-22)15-28-14-17-6-8-23(30,21(17)16-28)18-2-4-19(24)5-3-18/h2-5,7,9,17,21,30H,6,8,10-16H2,1H3/t17-,21+,23+/m1/s1. The van der Waals surface area contributed by atoms with Gasteiger partial charge in [-0.1, -0.05) is 12.1 Å². The van der Waals surface area contributed by atoms with Gasteiger partial charge in [0.1, 0.15) is 5.82 Å². The molecule has 3 atom stereocenters. The number of anilines is 1. The van der Waals surface area contributed by atoms with E-state index in [0.717, 1.165) is 75.9 Å². The highest BCUT2D eigenvalue weighted by Gasteiger charge is 2.52. The molecule has 2 aromatic rings. The van der Waals surface area contributed by atoms with E-state index in [4.69, 9.17) is 4.98 Å². The molecule has 1 N–H and O–H groups in total. The molecule has 0 radical (unpaired) electrons. The first-order valence-electron chi connectivity index (χ1n) is 11.0. The molecule has 0 spiro atoms. The van der Waals surface area contributed by atoms with Gasteiger partial charge in [-0.15, -0.1) is 0 Å². The molecule has 7 heteroatoms. The average Bonchev–Trinajstić information content (AvgIpc) is 3.29. The molecule has 1 saturated carbocycles. The number of likely N-dealkylation sites (tertiary alicyclic amines) is 1. The van der Waals surface area contributed by atoms with E-state index in [0.29, 0.717) is 5.92 Å². The highest BCUT2D eigenvalue weighted by molar-refractivity contribution is 5.31. The lowest BCUT2D eigenvalue weighted by atomic mass is 9.82. The quantitative estimate of drug-likeness (QED) is 0.832. The van der Waals surface area contributed by atoms with Crippen molar-refractivity contribution in [2.75, 3.05) is 51.2 Å². The molecular formula is C23H30FN5O. The van der Waals surface area contributed by atoms with E-state index in [9.17, 15) is 9.50 Å². The Morgan fingerprint density at radius 2 is 1.87 bits per heavy atom. The molecule has 2 saturated heterocycles. The van der Waals surface area contributed by atoms with Gasteiger partial charge in [0, 0.05) is 57.9 Å². The molecular weight excluding hydrogens is 381 g/mol. The predicted octanol–water partition coefficient (Wildman–Crippen LogP) is 2.10. The van der Waals surface area contributed by atoms with Crippen LogP contribution >= 0.6 is 0 Å². The van der Waals surface area contributed by atoms with Crippen LogP contribution in [-0.2, 0) is 12.1 Å². The van der Waals surface area contributed by atoms with E-state index in [1.165, 1.54) is 12.1 Å². The van der Waals surface area contributed by atoms with E-state index in [2.05, 4.69) is 26.7 Å². The molecule has 0 unspecified atom stereocenters. The Kier molecular flexibility index (Phi) is 5.21. The summed E-state index contributed by atoms with van der Waals surface area (Å²) < 4.78 is 13.3. The van der Waals surface area contributed by atoms with Gasteiger partial charge in [0.15, 0.2) is 0 Å². The maximum Gasteiger partial charge on any atom is 0.225 e. The Morgan fingerprint density at radius 3 is 2.63 bits per heavy atom. The van der Waals surface area contributed by atoms with Crippen LogP contribution in [0.5, 0.6) is 0 Å². The zero-order valence-corrected chi connectivity index (χ0v) is 17.5. The summed E-state index contributed by atoms with van der Waals surface area (Å²) in [4.78, 5) is 16.3. The highest BCUT2D eigenvalue weighted by Crippen LogP contribution is 2.50. The second-order valence-corrected chi connectivity index (χ2v) is 9.17. The number of fused-ring (bicyclic) bond motifs is 1. The summed E-state index contributed by atoms with van der Waals surface area (Å²) in [6, 6.07) is 8.39. The van der Waals surface area contributed by atoms with Gasteiger partial charge in [0.25, 0.3) is 0 Å². The number of hydrogen-bond acceptors (Lipinski definition) is 6. The lowest BCUT2D eigenvalue weighted by molar-refractivity contribution is -0.00692. The number of aromatic nitrogens is 2. The molecule has 1 aromatic carbocycles. The minimum absolute atomic E-state index is 0.182. The number of hydrogen-bond donors (Lipinski definition) is 1. The van der Waals surface area contributed by atoms with Gasteiger partial charge in [0.05, 0.1) is 11.3 Å². The summed E-state index contributed by atoms with van der Waals surface area (Å²) in [7, 11) is 2.14. The highest BCUT2D eigenvalue weighted by atomic mass is 19.1. The van der Waals surface area contributed by atoms with Crippen molar-refractivity contribution in [3.63, 3.8) is 0 Å². The van der Waals surface area contributed by atoms with Crippen LogP contribution in [0.15, 0.2) is 36.5 Å². The van der Waals surface area contributed by atoms with Crippen LogP contribution in [0.3, 0.4) is 0 Å². The molecule has 3 aliphatic rings. The molecule has 3 fully saturated rings. The summed E-state index contributed by atoms with van der Waals surface area (Å²) in [5, 5.41) is 11.5. The van der Waals surface area contributed by atoms with Gasteiger partial charge < -0.3 is 14.9 Å². The van der Waals surface area contributed by atoms with E-state index in [1.807, 2.05) is 12.3 Å². The Hall–Kier alpha value is -2.09. The Bertz CT molecular complexity index is 885.